The van der Waals surface area contributed by atoms with Crippen molar-refractivity contribution >= 4 is 63.8 Å². The SMILES string of the molecule is O=C1NC(=Nc2ccc(C(=O)O)cc2)S/C1=C\c1ccc(Cl)cc1Cl. The molecule has 1 heterocycles. The van der Waals surface area contributed by atoms with Crippen LogP contribution in [0, 0.1) is 0 Å². The molecule has 1 aliphatic heterocycles. The molecule has 0 saturated carbocycles. The fourth-order valence-corrected chi connectivity index (χ4v) is 3.33. The van der Waals surface area contributed by atoms with Crippen LogP contribution in [-0.2, 0) is 4.79 Å². The lowest BCUT2D eigenvalue weighted by atomic mass is 10.2. The highest BCUT2D eigenvalue weighted by Gasteiger charge is 2.24. The van der Waals surface area contributed by atoms with E-state index in [4.69, 9.17) is 28.3 Å². The summed E-state index contributed by atoms with van der Waals surface area (Å²) in [7, 11) is 0. The number of carbonyl (C=O) groups is 2. The normalized spacial score (nSPS) is 17.1. The van der Waals surface area contributed by atoms with E-state index in [1.807, 2.05) is 0 Å². The predicted molar refractivity (Wildman–Crippen MR) is 101 cm³/mol. The first-order valence-corrected chi connectivity index (χ1v) is 8.57. The van der Waals surface area contributed by atoms with Gasteiger partial charge in [0, 0.05) is 10.0 Å². The number of carbonyl (C=O) groups excluding carboxylic acids is 1. The van der Waals surface area contributed by atoms with Crippen LogP contribution in [0.25, 0.3) is 6.08 Å². The first-order chi connectivity index (χ1) is 11.9. The molecule has 1 fully saturated rings. The molecule has 1 saturated heterocycles. The summed E-state index contributed by atoms with van der Waals surface area (Å²) in [5.74, 6) is -1.29. The number of amidine groups is 1. The lowest BCUT2D eigenvalue weighted by molar-refractivity contribution is -0.115. The van der Waals surface area contributed by atoms with Crippen LogP contribution in [0.4, 0.5) is 5.69 Å². The van der Waals surface area contributed by atoms with Crippen molar-refractivity contribution in [2.24, 2.45) is 4.99 Å². The standard InChI is InChI=1S/C17H10Cl2N2O3S/c18-11-4-1-10(13(19)8-11)7-14-15(22)21-17(25-14)20-12-5-2-9(3-6-12)16(23)24/h1-8H,(H,23,24)(H,20,21,22)/b14-7-. The van der Waals surface area contributed by atoms with E-state index in [2.05, 4.69) is 10.3 Å². The van der Waals surface area contributed by atoms with E-state index in [1.54, 1.807) is 36.4 Å². The van der Waals surface area contributed by atoms with Gasteiger partial charge in [-0.2, -0.15) is 0 Å². The number of benzene rings is 2. The maximum absolute atomic E-state index is 12.1. The second-order valence-corrected chi connectivity index (χ2v) is 6.87. The van der Waals surface area contributed by atoms with Crippen LogP contribution in [0.15, 0.2) is 52.4 Å². The van der Waals surface area contributed by atoms with Gasteiger partial charge in [-0.25, -0.2) is 9.79 Å². The number of aromatic carboxylic acids is 1. The predicted octanol–water partition coefficient (Wildman–Crippen LogP) is 4.58. The molecule has 0 atom stereocenters. The zero-order valence-corrected chi connectivity index (χ0v) is 14.8. The third-order valence-corrected chi connectivity index (χ3v) is 4.72. The Morgan fingerprint density at radius 3 is 2.52 bits per heavy atom. The summed E-state index contributed by atoms with van der Waals surface area (Å²) in [5, 5.41) is 12.9. The number of rotatable bonds is 3. The van der Waals surface area contributed by atoms with Crippen molar-refractivity contribution in [1.29, 1.82) is 0 Å². The highest BCUT2D eigenvalue weighted by molar-refractivity contribution is 8.18. The van der Waals surface area contributed by atoms with Crippen molar-refractivity contribution < 1.29 is 14.7 Å². The van der Waals surface area contributed by atoms with E-state index in [0.29, 0.717) is 31.4 Å². The van der Waals surface area contributed by atoms with E-state index in [0.717, 1.165) is 0 Å². The van der Waals surface area contributed by atoms with Gasteiger partial charge in [-0.05, 0) is 59.8 Å². The molecule has 2 aromatic rings. The number of carboxylic acid groups (broad SMARTS) is 1. The molecule has 5 nitrogen and oxygen atoms in total. The second kappa shape index (κ2) is 7.31. The highest BCUT2D eigenvalue weighted by Crippen LogP contribution is 2.30. The molecule has 126 valence electrons. The molecular formula is C17H10Cl2N2O3S. The molecule has 0 unspecified atom stereocenters. The Morgan fingerprint density at radius 2 is 1.88 bits per heavy atom. The maximum Gasteiger partial charge on any atom is 0.335 e. The minimum atomic E-state index is -1.01. The van der Waals surface area contributed by atoms with Gasteiger partial charge in [0.25, 0.3) is 5.91 Å². The average molecular weight is 393 g/mol. The van der Waals surface area contributed by atoms with Crippen LogP contribution < -0.4 is 5.32 Å². The summed E-state index contributed by atoms with van der Waals surface area (Å²) < 4.78 is 0. The molecule has 8 heteroatoms. The summed E-state index contributed by atoms with van der Waals surface area (Å²) in [6, 6.07) is 11.1. The molecule has 0 bridgehead atoms. The van der Waals surface area contributed by atoms with E-state index in [-0.39, 0.29) is 11.5 Å². The number of hydrogen-bond donors (Lipinski definition) is 2. The van der Waals surface area contributed by atoms with Gasteiger partial charge in [-0.1, -0.05) is 29.3 Å². The number of hydrogen-bond acceptors (Lipinski definition) is 4. The molecule has 3 rings (SSSR count). The quantitative estimate of drug-likeness (QED) is 0.748. The third-order valence-electron chi connectivity index (χ3n) is 3.24. The summed E-state index contributed by atoms with van der Waals surface area (Å²) in [6.07, 6.45) is 1.66. The molecule has 0 radical (unpaired) electrons. The largest absolute Gasteiger partial charge is 0.478 e. The van der Waals surface area contributed by atoms with Crippen molar-refractivity contribution in [2.45, 2.75) is 0 Å². The average Bonchev–Trinajstić information content (AvgIpc) is 2.90. The third kappa shape index (κ3) is 4.22. The van der Waals surface area contributed by atoms with E-state index in [9.17, 15) is 9.59 Å². The van der Waals surface area contributed by atoms with Gasteiger partial charge in [-0.3, -0.25) is 4.79 Å². The van der Waals surface area contributed by atoms with Gasteiger partial charge in [-0.15, -0.1) is 0 Å². The van der Waals surface area contributed by atoms with Crippen molar-refractivity contribution in [3.63, 3.8) is 0 Å². The Hall–Kier alpha value is -2.28. The molecule has 2 aromatic carbocycles. The summed E-state index contributed by atoms with van der Waals surface area (Å²) in [4.78, 5) is 27.7. The van der Waals surface area contributed by atoms with Crippen LogP contribution in [0.3, 0.4) is 0 Å². The number of amides is 1. The summed E-state index contributed by atoms with van der Waals surface area (Å²) >= 11 is 13.1. The summed E-state index contributed by atoms with van der Waals surface area (Å²) in [6.45, 7) is 0. The molecular weight excluding hydrogens is 383 g/mol. The molecule has 1 amide bonds. The number of nitrogens with zero attached hydrogens (tertiary/aromatic N) is 1. The van der Waals surface area contributed by atoms with Crippen molar-refractivity contribution in [3.05, 3.63) is 68.5 Å². The van der Waals surface area contributed by atoms with Crippen LogP contribution in [-0.4, -0.2) is 22.2 Å². The number of carboxylic acids is 1. The van der Waals surface area contributed by atoms with Crippen LogP contribution >= 0.6 is 35.0 Å². The number of aliphatic imine (C=N–C) groups is 1. The van der Waals surface area contributed by atoms with E-state index >= 15 is 0 Å². The first kappa shape index (κ1) is 17.5. The molecule has 1 aliphatic rings. The maximum atomic E-state index is 12.1. The molecule has 0 aromatic heterocycles. The minimum Gasteiger partial charge on any atom is -0.478 e. The monoisotopic (exact) mass is 392 g/mol. The molecule has 25 heavy (non-hydrogen) atoms. The Bertz CT molecular complexity index is 924. The van der Waals surface area contributed by atoms with E-state index in [1.165, 1.54) is 23.9 Å². The Labute approximate surface area is 157 Å². The smallest absolute Gasteiger partial charge is 0.335 e. The molecule has 0 spiro atoms. The Balaban J connectivity index is 1.82. The zero-order valence-electron chi connectivity index (χ0n) is 12.5. The van der Waals surface area contributed by atoms with Crippen LogP contribution in [0.5, 0.6) is 0 Å². The van der Waals surface area contributed by atoms with Crippen molar-refractivity contribution in [2.75, 3.05) is 0 Å². The lowest BCUT2D eigenvalue weighted by Gasteiger charge is -1.99. The molecule has 0 aliphatic carbocycles. The van der Waals surface area contributed by atoms with Crippen LogP contribution in [0.2, 0.25) is 10.0 Å². The fraction of sp³-hybridized carbons (Fsp3) is 0. The van der Waals surface area contributed by atoms with Gasteiger partial charge in [0.05, 0.1) is 16.2 Å². The fourth-order valence-electron chi connectivity index (χ4n) is 2.04. The second-order valence-electron chi connectivity index (χ2n) is 5.00. The van der Waals surface area contributed by atoms with Gasteiger partial charge >= 0.3 is 5.97 Å². The van der Waals surface area contributed by atoms with Crippen molar-refractivity contribution in [3.8, 4) is 0 Å². The Morgan fingerprint density at radius 1 is 1.16 bits per heavy atom. The topological polar surface area (TPSA) is 78.8 Å². The zero-order chi connectivity index (χ0) is 18.0. The van der Waals surface area contributed by atoms with Gasteiger partial charge in [0.1, 0.15) is 0 Å². The first-order valence-electron chi connectivity index (χ1n) is 7.00. The van der Waals surface area contributed by atoms with Gasteiger partial charge in [0.15, 0.2) is 5.17 Å². The number of thioether (sulfide) groups is 1. The van der Waals surface area contributed by atoms with Crippen molar-refractivity contribution in [1.82, 2.24) is 5.32 Å². The van der Waals surface area contributed by atoms with E-state index < -0.39 is 5.97 Å². The van der Waals surface area contributed by atoms with Crippen LogP contribution in [0.1, 0.15) is 15.9 Å². The lowest BCUT2D eigenvalue weighted by Crippen LogP contribution is -2.19. The summed E-state index contributed by atoms with van der Waals surface area (Å²) in [5.41, 5.74) is 1.39. The minimum absolute atomic E-state index is 0.171. The van der Waals surface area contributed by atoms with Gasteiger partial charge in [0.2, 0.25) is 0 Å². The van der Waals surface area contributed by atoms with Gasteiger partial charge < -0.3 is 10.4 Å². The number of nitrogens with one attached hydrogen (secondary N) is 1. The highest BCUT2D eigenvalue weighted by atomic mass is 35.5. The Kier molecular flexibility index (Phi) is 5.13. The molecule has 2 N–H and O–H groups in total. The number of halogens is 2.